The molecule has 0 saturated carbocycles. The van der Waals surface area contributed by atoms with Gasteiger partial charge in [0.05, 0.1) is 29.5 Å². The van der Waals surface area contributed by atoms with Gasteiger partial charge in [0.25, 0.3) is 0 Å². The highest BCUT2D eigenvalue weighted by atomic mass is 32.2. The number of aliphatic carboxylic acids is 1. The first kappa shape index (κ1) is 17.4. The summed E-state index contributed by atoms with van der Waals surface area (Å²) in [6.45, 7) is 5.05. The molecule has 1 aromatic heterocycles. The van der Waals surface area contributed by atoms with Gasteiger partial charge in [0.1, 0.15) is 16.7 Å². The molecule has 0 aliphatic carbocycles. The Balaban J connectivity index is 3.08. The van der Waals surface area contributed by atoms with Crippen LogP contribution in [-0.4, -0.2) is 27.4 Å². The van der Waals surface area contributed by atoms with Crippen LogP contribution in [0.15, 0.2) is 47.5 Å². The van der Waals surface area contributed by atoms with Crippen molar-refractivity contribution in [2.45, 2.75) is 6.92 Å². The maximum absolute atomic E-state index is 12.3. The number of nitrogens with zero attached hydrogens (tertiary/aromatic N) is 1. The van der Waals surface area contributed by atoms with Gasteiger partial charge in [-0.05, 0) is 19.1 Å². The third-order valence-electron chi connectivity index (χ3n) is 2.53. The number of ether oxygens (including phenoxy) is 1. The number of hydrogen-bond donors (Lipinski definition) is 3. The quantitative estimate of drug-likeness (QED) is 0.521. The minimum Gasteiger partial charge on any atom is -0.479 e. The average molecular weight is 323 g/mol. The van der Waals surface area contributed by atoms with Crippen LogP contribution < -0.4 is 15.2 Å². The van der Waals surface area contributed by atoms with Crippen LogP contribution in [0.5, 0.6) is 5.88 Å². The molecule has 1 atom stereocenters. The van der Waals surface area contributed by atoms with Gasteiger partial charge in [-0.25, -0.2) is 14.0 Å². The molecule has 1 heterocycles. The summed E-state index contributed by atoms with van der Waals surface area (Å²) in [5, 5.41) is 8.98. The third-order valence-corrected chi connectivity index (χ3v) is 3.72. The van der Waals surface area contributed by atoms with Gasteiger partial charge in [0.2, 0.25) is 5.88 Å². The summed E-state index contributed by atoms with van der Waals surface area (Å²) in [6, 6.07) is 1.52. The average Bonchev–Trinajstić information content (AvgIpc) is 2.48. The molecule has 1 unspecified atom stereocenters. The van der Waals surface area contributed by atoms with Crippen molar-refractivity contribution in [2.24, 2.45) is 0 Å². The highest BCUT2D eigenvalue weighted by Gasteiger charge is 2.12. The Hall–Kier alpha value is -2.61. The second kappa shape index (κ2) is 7.99. The maximum Gasteiger partial charge on any atom is 0.335 e. The lowest BCUT2D eigenvalue weighted by molar-refractivity contribution is -0.132. The number of nitrogen functional groups attached to an aromatic ring is 1. The first-order valence-electron chi connectivity index (χ1n) is 6.14. The second-order valence-corrected chi connectivity index (χ2v) is 5.21. The predicted octanol–water partition coefficient (Wildman–Crippen LogP) is 1.85. The molecule has 7 nitrogen and oxygen atoms in total. The van der Waals surface area contributed by atoms with Crippen LogP contribution in [0.25, 0.3) is 0 Å². The molecule has 0 radical (unpaired) electrons. The van der Waals surface area contributed by atoms with Crippen LogP contribution in [0.4, 0.5) is 11.4 Å². The molecule has 0 aliphatic heterocycles. The lowest BCUT2D eigenvalue weighted by Crippen LogP contribution is -2.09. The fourth-order valence-corrected chi connectivity index (χ4v) is 2.38. The number of anilines is 2. The number of nitrogens with one attached hydrogen (secondary N) is 1. The topological polar surface area (TPSA) is 115 Å². The Morgan fingerprint density at radius 1 is 1.59 bits per heavy atom. The Labute approximate surface area is 130 Å². The molecule has 22 heavy (non-hydrogen) atoms. The minimum absolute atomic E-state index is 0.0686. The minimum atomic E-state index is -1.72. The van der Waals surface area contributed by atoms with E-state index in [4.69, 9.17) is 15.6 Å². The Kier molecular flexibility index (Phi) is 6.33. The maximum atomic E-state index is 12.3. The van der Waals surface area contributed by atoms with Crippen molar-refractivity contribution in [3.8, 4) is 5.88 Å². The first-order valence-corrected chi connectivity index (χ1v) is 7.29. The van der Waals surface area contributed by atoms with Gasteiger partial charge in [0, 0.05) is 0 Å². The molecule has 1 rings (SSSR count). The lowest BCUT2D eigenvalue weighted by atomic mass is 10.2. The van der Waals surface area contributed by atoms with E-state index in [1.807, 2.05) is 0 Å². The molecular weight excluding hydrogens is 306 g/mol. The third kappa shape index (κ3) is 4.45. The number of aromatic nitrogens is 1. The smallest absolute Gasteiger partial charge is 0.335 e. The Morgan fingerprint density at radius 2 is 2.27 bits per heavy atom. The molecule has 0 spiro atoms. The number of pyridine rings is 1. The molecule has 0 bridgehead atoms. The fraction of sp³-hybridized carbons (Fsp3) is 0.143. The highest BCUT2D eigenvalue weighted by molar-refractivity contribution is 7.90. The van der Waals surface area contributed by atoms with E-state index in [-0.39, 0.29) is 16.4 Å². The molecular formula is C14H17N3O4S. The van der Waals surface area contributed by atoms with Crippen molar-refractivity contribution >= 4 is 28.3 Å². The van der Waals surface area contributed by atoms with Crippen molar-refractivity contribution in [3.63, 3.8) is 0 Å². The Bertz CT molecular complexity index is 668. The Morgan fingerprint density at radius 3 is 2.77 bits per heavy atom. The van der Waals surface area contributed by atoms with E-state index in [0.717, 1.165) is 0 Å². The molecule has 8 heteroatoms. The van der Waals surface area contributed by atoms with Crippen molar-refractivity contribution in [3.05, 3.63) is 47.5 Å². The molecule has 4 N–H and O–H groups in total. The standard InChI is InChI=1S/C14H17N3O4S/c1-4-9(14(18)19)6-11(5-2)22(20)17-12-7-10(15)8-16-13(12)21-3/h4-8,17H,1,15H2,2-3H3,(H,18,19)/b9-6+,11-5+. The van der Waals surface area contributed by atoms with Crippen LogP contribution in [-0.2, 0) is 15.8 Å². The van der Waals surface area contributed by atoms with E-state index in [0.29, 0.717) is 11.4 Å². The van der Waals surface area contributed by atoms with E-state index in [1.54, 1.807) is 6.92 Å². The summed E-state index contributed by atoms with van der Waals surface area (Å²) in [5.41, 5.74) is 6.27. The zero-order chi connectivity index (χ0) is 16.7. The molecule has 0 fully saturated rings. The van der Waals surface area contributed by atoms with Crippen LogP contribution in [0.1, 0.15) is 6.92 Å². The summed E-state index contributed by atoms with van der Waals surface area (Å²) in [4.78, 5) is 15.2. The van der Waals surface area contributed by atoms with E-state index in [9.17, 15) is 9.00 Å². The molecule has 0 amide bonds. The highest BCUT2D eigenvalue weighted by Crippen LogP contribution is 2.25. The van der Waals surface area contributed by atoms with Gasteiger partial charge in [-0.2, -0.15) is 0 Å². The van der Waals surface area contributed by atoms with E-state index in [2.05, 4.69) is 16.3 Å². The van der Waals surface area contributed by atoms with Crippen LogP contribution >= 0.6 is 0 Å². The van der Waals surface area contributed by atoms with Crippen molar-refractivity contribution in [1.29, 1.82) is 0 Å². The number of hydrogen-bond acceptors (Lipinski definition) is 5. The van der Waals surface area contributed by atoms with Gasteiger partial charge in [-0.3, -0.25) is 4.72 Å². The monoisotopic (exact) mass is 323 g/mol. The van der Waals surface area contributed by atoms with Crippen molar-refractivity contribution in [1.82, 2.24) is 4.98 Å². The largest absolute Gasteiger partial charge is 0.479 e. The van der Waals surface area contributed by atoms with Gasteiger partial charge in [-0.15, -0.1) is 0 Å². The van der Waals surface area contributed by atoms with E-state index >= 15 is 0 Å². The van der Waals surface area contributed by atoms with Crippen molar-refractivity contribution < 1.29 is 18.8 Å². The first-order chi connectivity index (χ1) is 10.4. The van der Waals surface area contributed by atoms with Crippen LogP contribution in [0.3, 0.4) is 0 Å². The number of carboxylic acids is 1. The number of rotatable bonds is 7. The van der Waals surface area contributed by atoms with Crippen LogP contribution in [0, 0.1) is 0 Å². The zero-order valence-electron chi connectivity index (χ0n) is 12.2. The fourth-order valence-electron chi connectivity index (χ4n) is 1.47. The summed E-state index contributed by atoms with van der Waals surface area (Å²) < 4.78 is 20.1. The molecule has 0 saturated heterocycles. The van der Waals surface area contributed by atoms with E-state index < -0.39 is 17.0 Å². The molecule has 0 aliphatic rings. The molecule has 118 valence electrons. The lowest BCUT2D eigenvalue weighted by Gasteiger charge is -2.11. The summed E-state index contributed by atoms with van der Waals surface area (Å²) in [6.07, 6.45) is 5.38. The van der Waals surface area contributed by atoms with Gasteiger partial charge in [0.15, 0.2) is 0 Å². The number of allylic oxidation sites excluding steroid dienone is 2. The molecule has 0 aromatic carbocycles. The number of nitrogens with two attached hydrogens (primary N) is 1. The number of carboxylic acid groups (broad SMARTS) is 1. The summed E-state index contributed by atoms with van der Waals surface area (Å²) in [7, 11) is -0.300. The SMILES string of the molecule is C=C/C(=C\C(=C/C)S(=O)Nc1cc(N)cnc1OC)C(=O)O. The van der Waals surface area contributed by atoms with E-state index in [1.165, 1.54) is 37.6 Å². The molecule has 1 aromatic rings. The number of carbonyl (C=O) groups is 1. The van der Waals surface area contributed by atoms with Gasteiger partial charge >= 0.3 is 5.97 Å². The second-order valence-electron chi connectivity index (χ2n) is 4.00. The normalized spacial score (nSPS) is 13.4. The summed E-state index contributed by atoms with van der Waals surface area (Å²) >= 11 is 0. The predicted molar refractivity (Wildman–Crippen MR) is 86.6 cm³/mol. The van der Waals surface area contributed by atoms with Gasteiger partial charge in [-0.1, -0.05) is 18.7 Å². The number of methoxy groups -OCH3 is 1. The van der Waals surface area contributed by atoms with Crippen LogP contribution in [0.2, 0.25) is 0 Å². The zero-order valence-corrected chi connectivity index (χ0v) is 13.0. The summed E-state index contributed by atoms with van der Waals surface area (Å²) in [5.74, 6) is -0.932. The van der Waals surface area contributed by atoms with Gasteiger partial charge < -0.3 is 15.6 Å². The van der Waals surface area contributed by atoms with Crippen molar-refractivity contribution in [2.75, 3.05) is 17.6 Å².